The van der Waals surface area contributed by atoms with E-state index in [1.54, 1.807) is 6.07 Å². The second-order valence-electron chi connectivity index (χ2n) is 5.55. The molecule has 0 aromatic heterocycles. The standard InChI is InChI=1S/C15H20N2O3/c1-9-14(15(18)17-8-11(16)10-6-7-10)20-13-5-3-2-4-12(13)19-9/h2-5,9-11,14H,6-8,16H2,1H3,(H,17,18). The topological polar surface area (TPSA) is 73.6 Å². The van der Waals surface area contributed by atoms with E-state index in [1.165, 1.54) is 12.8 Å². The van der Waals surface area contributed by atoms with E-state index in [4.69, 9.17) is 15.2 Å². The van der Waals surface area contributed by atoms with Gasteiger partial charge < -0.3 is 20.5 Å². The average molecular weight is 276 g/mol. The summed E-state index contributed by atoms with van der Waals surface area (Å²) in [6.07, 6.45) is 1.40. The van der Waals surface area contributed by atoms with Crippen LogP contribution in [0.5, 0.6) is 11.5 Å². The van der Waals surface area contributed by atoms with Gasteiger partial charge in [-0.1, -0.05) is 12.1 Å². The number of hydrogen-bond acceptors (Lipinski definition) is 4. The summed E-state index contributed by atoms with van der Waals surface area (Å²) >= 11 is 0. The quantitative estimate of drug-likeness (QED) is 0.862. The van der Waals surface area contributed by atoms with Crippen molar-refractivity contribution in [2.24, 2.45) is 11.7 Å². The van der Waals surface area contributed by atoms with Gasteiger partial charge in [-0.2, -0.15) is 0 Å². The maximum Gasteiger partial charge on any atom is 0.265 e. The van der Waals surface area contributed by atoms with Gasteiger partial charge in [-0.15, -0.1) is 0 Å². The Morgan fingerprint density at radius 3 is 2.65 bits per heavy atom. The van der Waals surface area contributed by atoms with Crippen LogP contribution in [0.4, 0.5) is 0 Å². The first-order valence-corrected chi connectivity index (χ1v) is 7.11. The van der Waals surface area contributed by atoms with Crippen LogP contribution in [-0.2, 0) is 4.79 Å². The highest BCUT2D eigenvalue weighted by Gasteiger charge is 2.35. The molecule has 3 unspecified atom stereocenters. The van der Waals surface area contributed by atoms with Crippen LogP contribution in [0.15, 0.2) is 24.3 Å². The molecule has 0 radical (unpaired) electrons. The SMILES string of the molecule is CC1Oc2ccccc2OC1C(=O)NCC(N)C1CC1. The average Bonchev–Trinajstić information content (AvgIpc) is 3.28. The summed E-state index contributed by atoms with van der Waals surface area (Å²) < 4.78 is 11.5. The van der Waals surface area contributed by atoms with E-state index in [9.17, 15) is 4.79 Å². The van der Waals surface area contributed by atoms with Gasteiger partial charge in [0.05, 0.1) is 0 Å². The Labute approximate surface area is 118 Å². The molecule has 1 aliphatic carbocycles. The van der Waals surface area contributed by atoms with Gasteiger partial charge in [-0.25, -0.2) is 0 Å². The number of carbonyl (C=O) groups is 1. The van der Waals surface area contributed by atoms with Gasteiger partial charge in [0.1, 0.15) is 6.10 Å². The number of hydrogen-bond donors (Lipinski definition) is 2. The number of rotatable bonds is 4. The van der Waals surface area contributed by atoms with Gasteiger partial charge in [0.15, 0.2) is 11.5 Å². The van der Waals surface area contributed by atoms with Gasteiger partial charge in [0.25, 0.3) is 5.91 Å². The summed E-state index contributed by atoms with van der Waals surface area (Å²) in [7, 11) is 0. The van der Waals surface area contributed by atoms with Crippen LogP contribution in [0.1, 0.15) is 19.8 Å². The highest BCUT2D eigenvalue weighted by Crippen LogP contribution is 2.33. The third-order valence-corrected chi connectivity index (χ3v) is 3.84. The van der Waals surface area contributed by atoms with Crippen molar-refractivity contribution >= 4 is 5.91 Å². The number of benzene rings is 1. The molecular weight excluding hydrogens is 256 g/mol. The number of nitrogens with two attached hydrogens (primary N) is 1. The smallest absolute Gasteiger partial charge is 0.265 e. The van der Waals surface area contributed by atoms with Crippen LogP contribution < -0.4 is 20.5 Å². The lowest BCUT2D eigenvalue weighted by molar-refractivity contribution is -0.133. The second kappa shape index (κ2) is 5.32. The minimum absolute atomic E-state index is 0.0473. The lowest BCUT2D eigenvalue weighted by Crippen LogP contribution is -2.51. The van der Waals surface area contributed by atoms with Crippen molar-refractivity contribution in [3.63, 3.8) is 0 Å². The zero-order valence-electron chi connectivity index (χ0n) is 11.5. The van der Waals surface area contributed by atoms with Crippen LogP contribution in [0.25, 0.3) is 0 Å². The Morgan fingerprint density at radius 1 is 1.35 bits per heavy atom. The predicted molar refractivity (Wildman–Crippen MR) is 74.7 cm³/mol. The van der Waals surface area contributed by atoms with Crippen molar-refractivity contribution in [3.8, 4) is 11.5 Å². The van der Waals surface area contributed by atoms with Crippen molar-refractivity contribution < 1.29 is 14.3 Å². The lowest BCUT2D eigenvalue weighted by atomic mass is 10.1. The van der Waals surface area contributed by atoms with E-state index >= 15 is 0 Å². The summed E-state index contributed by atoms with van der Waals surface area (Å²) in [4.78, 5) is 12.2. The summed E-state index contributed by atoms with van der Waals surface area (Å²) in [5.41, 5.74) is 5.98. The number of amides is 1. The molecule has 5 nitrogen and oxygen atoms in total. The minimum atomic E-state index is -0.628. The fourth-order valence-electron chi connectivity index (χ4n) is 2.42. The van der Waals surface area contributed by atoms with E-state index in [1.807, 2.05) is 25.1 Å². The maximum atomic E-state index is 12.2. The molecular formula is C15H20N2O3. The summed E-state index contributed by atoms with van der Waals surface area (Å²) in [5.74, 6) is 1.69. The van der Waals surface area contributed by atoms with E-state index in [-0.39, 0.29) is 18.1 Å². The van der Waals surface area contributed by atoms with E-state index < -0.39 is 6.10 Å². The summed E-state index contributed by atoms with van der Waals surface area (Å²) in [5, 5.41) is 2.87. The fraction of sp³-hybridized carbons (Fsp3) is 0.533. The lowest BCUT2D eigenvalue weighted by Gasteiger charge is -2.31. The Hall–Kier alpha value is -1.75. The van der Waals surface area contributed by atoms with Gasteiger partial charge in [-0.05, 0) is 37.8 Å². The zero-order valence-corrected chi connectivity index (χ0v) is 11.5. The molecule has 1 aromatic carbocycles. The molecule has 1 aromatic rings. The minimum Gasteiger partial charge on any atom is -0.482 e. The molecule has 5 heteroatoms. The number of ether oxygens (including phenoxy) is 2. The molecule has 1 aliphatic heterocycles. The number of nitrogens with one attached hydrogen (secondary N) is 1. The van der Waals surface area contributed by atoms with E-state index in [2.05, 4.69) is 5.32 Å². The zero-order chi connectivity index (χ0) is 14.1. The third-order valence-electron chi connectivity index (χ3n) is 3.84. The molecule has 0 saturated heterocycles. The fourth-order valence-corrected chi connectivity index (χ4v) is 2.42. The molecule has 1 heterocycles. The van der Waals surface area contributed by atoms with Crippen molar-refractivity contribution in [2.45, 2.75) is 38.0 Å². The van der Waals surface area contributed by atoms with Crippen LogP contribution in [0.3, 0.4) is 0 Å². The van der Waals surface area contributed by atoms with Gasteiger partial charge in [0.2, 0.25) is 6.10 Å². The Balaban J connectivity index is 1.60. The van der Waals surface area contributed by atoms with Crippen LogP contribution in [0.2, 0.25) is 0 Å². The second-order valence-corrected chi connectivity index (χ2v) is 5.55. The molecule has 0 bridgehead atoms. The molecule has 1 amide bonds. The summed E-state index contributed by atoms with van der Waals surface area (Å²) in [6, 6.07) is 7.42. The summed E-state index contributed by atoms with van der Waals surface area (Å²) in [6.45, 7) is 2.33. The van der Waals surface area contributed by atoms with Gasteiger partial charge in [-0.3, -0.25) is 4.79 Å². The first-order valence-electron chi connectivity index (χ1n) is 7.11. The Bertz CT molecular complexity index is 502. The largest absolute Gasteiger partial charge is 0.482 e. The molecule has 1 fully saturated rings. The number of fused-ring (bicyclic) bond motifs is 1. The van der Waals surface area contributed by atoms with Crippen molar-refractivity contribution in [2.75, 3.05) is 6.54 Å². The first-order chi connectivity index (χ1) is 9.65. The van der Waals surface area contributed by atoms with Crippen molar-refractivity contribution in [3.05, 3.63) is 24.3 Å². The van der Waals surface area contributed by atoms with Crippen LogP contribution in [0, 0.1) is 5.92 Å². The molecule has 20 heavy (non-hydrogen) atoms. The highest BCUT2D eigenvalue weighted by molar-refractivity contribution is 5.82. The van der Waals surface area contributed by atoms with Crippen molar-refractivity contribution in [1.29, 1.82) is 0 Å². The van der Waals surface area contributed by atoms with Crippen molar-refractivity contribution in [1.82, 2.24) is 5.32 Å². The highest BCUT2D eigenvalue weighted by atomic mass is 16.6. The van der Waals surface area contributed by atoms with Gasteiger partial charge >= 0.3 is 0 Å². The normalized spacial score (nSPS) is 25.9. The van der Waals surface area contributed by atoms with Gasteiger partial charge in [0, 0.05) is 12.6 Å². The predicted octanol–water partition coefficient (Wildman–Crippen LogP) is 1.07. The molecule has 108 valence electrons. The van der Waals surface area contributed by atoms with E-state index in [0.29, 0.717) is 24.0 Å². The third kappa shape index (κ3) is 2.72. The maximum absolute atomic E-state index is 12.2. The number of carbonyl (C=O) groups excluding carboxylic acids is 1. The van der Waals surface area contributed by atoms with E-state index in [0.717, 1.165) is 0 Å². The number of para-hydroxylation sites is 2. The molecule has 0 spiro atoms. The molecule has 2 aliphatic rings. The Morgan fingerprint density at radius 2 is 2.00 bits per heavy atom. The van der Waals surface area contributed by atoms with Crippen LogP contribution >= 0.6 is 0 Å². The molecule has 3 N–H and O–H groups in total. The Kier molecular flexibility index (Phi) is 3.53. The van der Waals surface area contributed by atoms with Crippen LogP contribution in [-0.4, -0.2) is 30.7 Å². The molecule has 3 atom stereocenters. The first kappa shape index (κ1) is 13.2. The molecule has 3 rings (SSSR count). The monoisotopic (exact) mass is 276 g/mol. The molecule has 1 saturated carbocycles.